The molecule has 0 radical (unpaired) electrons. The summed E-state index contributed by atoms with van der Waals surface area (Å²) in [6, 6.07) is 8.29. The van der Waals surface area contributed by atoms with Crippen LogP contribution in [0.1, 0.15) is 23.7 Å². The Bertz CT molecular complexity index is 768. The lowest BCUT2D eigenvalue weighted by Gasteiger charge is -2.37. The quantitative estimate of drug-likeness (QED) is 0.571. The van der Waals surface area contributed by atoms with Gasteiger partial charge in [0.15, 0.2) is 5.96 Å². The van der Waals surface area contributed by atoms with E-state index in [1.165, 1.54) is 15.6 Å². The summed E-state index contributed by atoms with van der Waals surface area (Å²) < 4.78 is 5.36. The van der Waals surface area contributed by atoms with E-state index in [4.69, 9.17) is 9.73 Å². The van der Waals surface area contributed by atoms with Gasteiger partial charge in [0, 0.05) is 68.5 Å². The predicted molar refractivity (Wildman–Crippen MR) is 118 cm³/mol. The summed E-state index contributed by atoms with van der Waals surface area (Å²) in [5.74, 6) is 1.92. The molecular weight excluding hydrogens is 370 g/mol. The third kappa shape index (κ3) is 5.38. The van der Waals surface area contributed by atoms with Crippen molar-refractivity contribution in [2.75, 3.05) is 51.3 Å². The first-order valence-corrected chi connectivity index (χ1v) is 10.9. The maximum absolute atomic E-state index is 5.36. The maximum Gasteiger partial charge on any atom is 0.194 e. The summed E-state index contributed by atoms with van der Waals surface area (Å²) in [7, 11) is 1.71. The number of nitrogens with one attached hydrogen (secondary N) is 1. The second-order valence-corrected chi connectivity index (χ2v) is 7.93. The highest BCUT2D eigenvalue weighted by atomic mass is 32.1. The van der Waals surface area contributed by atoms with Crippen LogP contribution in [0.5, 0.6) is 5.75 Å². The van der Waals surface area contributed by atoms with Crippen molar-refractivity contribution >= 4 is 23.0 Å². The second-order valence-electron chi connectivity index (χ2n) is 6.74. The van der Waals surface area contributed by atoms with Crippen LogP contribution in [-0.2, 0) is 12.8 Å². The first-order chi connectivity index (χ1) is 13.7. The van der Waals surface area contributed by atoms with E-state index in [0.29, 0.717) is 0 Å². The molecule has 7 heteroatoms. The Morgan fingerprint density at radius 3 is 2.75 bits per heavy atom. The number of thiazole rings is 1. The SMILES string of the molecule is CCNC(=NCCc1ncc(CC)s1)N1CCN(c2cccc(OC)c2)CC1. The third-order valence-electron chi connectivity index (χ3n) is 4.87. The summed E-state index contributed by atoms with van der Waals surface area (Å²) in [6.07, 6.45) is 3.96. The van der Waals surface area contributed by atoms with Gasteiger partial charge in [-0.15, -0.1) is 11.3 Å². The van der Waals surface area contributed by atoms with Gasteiger partial charge in [-0.05, 0) is 25.5 Å². The standard InChI is InChI=1S/C21H31N5OS/c1-4-19-16-24-20(28-19)9-10-23-21(22-5-2)26-13-11-25(12-14-26)17-7-6-8-18(15-17)27-3/h6-8,15-16H,4-5,9-14H2,1-3H3,(H,22,23). The molecule has 2 aromatic rings. The number of guanidine groups is 1. The number of aromatic nitrogens is 1. The maximum atomic E-state index is 5.36. The van der Waals surface area contributed by atoms with E-state index in [2.05, 4.69) is 52.1 Å². The predicted octanol–water partition coefficient (Wildman–Crippen LogP) is 3.04. The second kappa shape index (κ2) is 10.3. The highest BCUT2D eigenvalue weighted by Crippen LogP contribution is 2.22. The summed E-state index contributed by atoms with van der Waals surface area (Å²) in [4.78, 5) is 15.5. The van der Waals surface area contributed by atoms with Crippen LogP contribution < -0.4 is 15.0 Å². The van der Waals surface area contributed by atoms with Crippen molar-refractivity contribution in [2.24, 2.45) is 4.99 Å². The lowest BCUT2D eigenvalue weighted by atomic mass is 10.2. The Hall–Kier alpha value is -2.28. The summed E-state index contributed by atoms with van der Waals surface area (Å²) in [6.45, 7) is 9.82. The van der Waals surface area contributed by atoms with Crippen molar-refractivity contribution in [1.82, 2.24) is 15.2 Å². The van der Waals surface area contributed by atoms with Crippen LogP contribution in [0.15, 0.2) is 35.5 Å². The average Bonchev–Trinajstić information content (AvgIpc) is 3.21. The fourth-order valence-electron chi connectivity index (χ4n) is 3.29. The molecule has 1 aromatic carbocycles. The number of methoxy groups -OCH3 is 1. The minimum Gasteiger partial charge on any atom is -0.497 e. The molecule has 1 N–H and O–H groups in total. The Morgan fingerprint density at radius 1 is 1.25 bits per heavy atom. The molecule has 28 heavy (non-hydrogen) atoms. The van der Waals surface area contributed by atoms with Gasteiger partial charge in [0.25, 0.3) is 0 Å². The van der Waals surface area contributed by atoms with Gasteiger partial charge in [-0.25, -0.2) is 4.98 Å². The first-order valence-electron chi connectivity index (χ1n) is 10.1. The van der Waals surface area contributed by atoms with Crippen LogP contribution in [0, 0.1) is 0 Å². The molecule has 1 aliphatic heterocycles. The van der Waals surface area contributed by atoms with Gasteiger partial charge < -0.3 is 19.9 Å². The van der Waals surface area contributed by atoms with Crippen LogP contribution in [0.2, 0.25) is 0 Å². The molecule has 152 valence electrons. The molecule has 0 atom stereocenters. The minimum atomic E-state index is 0.773. The number of nitrogens with zero attached hydrogens (tertiary/aromatic N) is 4. The number of aliphatic imine (C=N–C) groups is 1. The molecule has 0 saturated carbocycles. The lowest BCUT2D eigenvalue weighted by molar-refractivity contribution is 0.372. The van der Waals surface area contributed by atoms with E-state index >= 15 is 0 Å². The number of anilines is 1. The summed E-state index contributed by atoms with van der Waals surface area (Å²) in [5.41, 5.74) is 1.22. The fraction of sp³-hybridized carbons (Fsp3) is 0.524. The Labute approximate surface area is 172 Å². The Balaban J connectivity index is 1.55. The van der Waals surface area contributed by atoms with Crippen LogP contribution in [0.4, 0.5) is 5.69 Å². The molecular formula is C21H31N5OS. The van der Waals surface area contributed by atoms with E-state index in [1.807, 2.05) is 12.3 Å². The molecule has 6 nitrogen and oxygen atoms in total. The molecule has 2 heterocycles. The minimum absolute atomic E-state index is 0.773. The third-order valence-corrected chi connectivity index (χ3v) is 6.07. The van der Waals surface area contributed by atoms with Crippen molar-refractivity contribution in [3.05, 3.63) is 40.3 Å². The number of rotatable bonds is 7. The van der Waals surface area contributed by atoms with Gasteiger partial charge in [-0.2, -0.15) is 0 Å². The molecule has 0 aliphatic carbocycles. The molecule has 0 spiro atoms. The zero-order valence-electron chi connectivity index (χ0n) is 17.1. The number of hydrogen-bond donors (Lipinski definition) is 1. The summed E-state index contributed by atoms with van der Waals surface area (Å²) in [5, 5.41) is 4.63. The van der Waals surface area contributed by atoms with Crippen LogP contribution in [-0.4, -0.2) is 62.2 Å². The number of ether oxygens (including phenoxy) is 1. The van der Waals surface area contributed by atoms with E-state index in [9.17, 15) is 0 Å². The number of piperazine rings is 1. The van der Waals surface area contributed by atoms with E-state index in [0.717, 1.165) is 63.8 Å². The molecule has 1 saturated heterocycles. The molecule has 0 bridgehead atoms. The zero-order chi connectivity index (χ0) is 19.8. The highest BCUT2D eigenvalue weighted by molar-refractivity contribution is 7.11. The van der Waals surface area contributed by atoms with Gasteiger partial charge in [0.1, 0.15) is 5.75 Å². The molecule has 1 aromatic heterocycles. The van der Waals surface area contributed by atoms with Gasteiger partial charge in [0.2, 0.25) is 0 Å². The lowest BCUT2D eigenvalue weighted by Crippen LogP contribution is -2.52. The monoisotopic (exact) mass is 401 g/mol. The molecule has 0 amide bonds. The van der Waals surface area contributed by atoms with Crippen LogP contribution in [0.3, 0.4) is 0 Å². The number of hydrogen-bond acceptors (Lipinski definition) is 5. The molecule has 0 unspecified atom stereocenters. The van der Waals surface area contributed by atoms with Crippen molar-refractivity contribution in [2.45, 2.75) is 26.7 Å². The zero-order valence-corrected chi connectivity index (χ0v) is 18.0. The number of aryl methyl sites for hydroxylation is 1. The molecule has 3 rings (SSSR count). The summed E-state index contributed by atoms with van der Waals surface area (Å²) >= 11 is 1.80. The topological polar surface area (TPSA) is 53.0 Å². The van der Waals surface area contributed by atoms with E-state index in [-0.39, 0.29) is 0 Å². The van der Waals surface area contributed by atoms with Crippen LogP contribution >= 0.6 is 11.3 Å². The Kier molecular flexibility index (Phi) is 7.54. The van der Waals surface area contributed by atoms with Crippen molar-refractivity contribution in [3.8, 4) is 5.75 Å². The van der Waals surface area contributed by atoms with E-state index < -0.39 is 0 Å². The van der Waals surface area contributed by atoms with Crippen LogP contribution in [0.25, 0.3) is 0 Å². The normalized spacial score (nSPS) is 15.0. The van der Waals surface area contributed by atoms with Gasteiger partial charge in [-0.3, -0.25) is 4.99 Å². The Morgan fingerprint density at radius 2 is 2.07 bits per heavy atom. The van der Waals surface area contributed by atoms with Gasteiger partial charge >= 0.3 is 0 Å². The van der Waals surface area contributed by atoms with Crippen molar-refractivity contribution in [1.29, 1.82) is 0 Å². The smallest absolute Gasteiger partial charge is 0.194 e. The first kappa shape index (κ1) is 20.5. The highest BCUT2D eigenvalue weighted by Gasteiger charge is 2.20. The largest absolute Gasteiger partial charge is 0.497 e. The number of benzene rings is 1. The van der Waals surface area contributed by atoms with Crippen molar-refractivity contribution in [3.63, 3.8) is 0 Å². The molecule has 1 fully saturated rings. The van der Waals surface area contributed by atoms with E-state index in [1.54, 1.807) is 18.4 Å². The van der Waals surface area contributed by atoms with Gasteiger partial charge in [-0.1, -0.05) is 13.0 Å². The fourth-order valence-corrected chi connectivity index (χ4v) is 4.15. The van der Waals surface area contributed by atoms with Crippen molar-refractivity contribution < 1.29 is 4.74 Å². The molecule has 1 aliphatic rings. The van der Waals surface area contributed by atoms with Gasteiger partial charge in [0.05, 0.1) is 12.1 Å². The average molecular weight is 402 g/mol.